The monoisotopic (exact) mass is 514 g/mol. The molecule has 3 N–H and O–H groups in total. The maximum absolute atomic E-state index is 16.3. The Hall–Kier alpha value is -1.80. The number of fused-ring (bicyclic) bond motifs is 1. The van der Waals surface area contributed by atoms with Crippen LogP contribution in [0, 0.1) is 17.4 Å². The van der Waals surface area contributed by atoms with Crippen LogP contribution in [0.1, 0.15) is 11.1 Å². The first kappa shape index (κ1) is 25.3. The van der Waals surface area contributed by atoms with Gasteiger partial charge in [0.2, 0.25) is 0 Å². The van der Waals surface area contributed by atoms with Crippen LogP contribution in [0.15, 0.2) is 29.2 Å². The second-order valence-electron chi connectivity index (χ2n) is 8.77. The van der Waals surface area contributed by atoms with Crippen molar-refractivity contribution in [1.29, 1.82) is 0 Å². The molecule has 1 fully saturated rings. The van der Waals surface area contributed by atoms with E-state index in [0.29, 0.717) is 21.9 Å². The number of hydrogen-bond acceptors (Lipinski definition) is 9. The Morgan fingerprint density at radius 1 is 1.38 bits per heavy atom. The minimum Gasteiger partial charge on any atom is -0.403 e. The normalized spacial score (nSPS) is 33.3. The molecule has 0 amide bonds. The van der Waals surface area contributed by atoms with Gasteiger partial charge in [-0.1, -0.05) is 30.4 Å². The van der Waals surface area contributed by atoms with Gasteiger partial charge in [-0.05, 0) is 12.5 Å². The second kappa shape index (κ2) is 8.12. The van der Waals surface area contributed by atoms with Crippen molar-refractivity contribution >= 4 is 43.6 Å². The van der Waals surface area contributed by atoms with Crippen LogP contribution in [0.3, 0.4) is 0 Å². The number of halogens is 2. The number of aryl methyl sites for hydroxylation is 1. The molecule has 2 aliphatic heterocycles. The average molecular weight is 514 g/mol. The summed E-state index contributed by atoms with van der Waals surface area (Å²) >= 11 is 4.66. The lowest BCUT2D eigenvalue weighted by Crippen LogP contribution is -2.60. The Morgan fingerprint density at radius 2 is 2.06 bits per heavy atom. The van der Waals surface area contributed by atoms with E-state index < -0.39 is 53.1 Å². The predicted octanol–water partition coefficient (Wildman–Crippen LogP) is -1.33. The molecule has 2 aliphatic rings. The minimum atomic E-state index is -4.43. The van der Waals surface area contributed by atoms with Crippen LogP contribution in [0.5, 0.6) is 5.75 Å². The quantitative estimate of drug-likeness (QED) is 0.258. The molecule has 5 atom stereocenters. The van der Waals surface area contributed by atoms with E-state index in [9.17, 15) is 24.0 Å². The van der Waals surface area contributed by atoms with Crippen molar-refractivity contribution in [2.24, 2.45) is 0 Å². The third-order valence-electron chi connectivity index (χ3n) is 6.00. The van der Waals surface area contributed by atoms with E-state index in [-0.39, 0.29) is 12.4 Å². The highest BCUT2D eigenvalue weighted by atomic mass is 32.1. The fourth-order valence-corrected chi connectivity index (χ4v) is 5.74. The maximum atomic E-state index is 16.3. The smallest absolute Gasteiger partial charge is 0.403 e. The number of nitrogens with one attached hydrogen (secondary N) is 1. The topological polar surface area (TPSA) is 132 Å². The number of aliphatic hydroxyl groups is 2. The lowest BCUT2D eigenvalue weighted by Gasteiger charge is -2.41. The number of phosphoric ester groups is 1. The zero-order chi connectivity index (χ0) is 25.3. The lowest BCUT2D eigenvalue weighted by atomic mass is 9.59. The number of para-hydroxylation sites is 1. The van der Waals surface area contributed by atoms with Crippen LogP contribution in [0.25, 0.3) is 0 Å². The van der Waals surface area contributed by atoms with Crippen molar-refractivity contribution in [3.8, 4) is 5.75 Å². The SMILES string of the molecule is BC(B)(OP1(=O)OCc2cccc(C)c2O1)[C@@]1(F)O[C@@](B)(n2cc(F)c(=S)[nH]c2=O)[C@H](O)[C@@H]1O. The van der Waals surface area contributed by atoms with Crippen molar-refractivity contribution in [2.75, 3.05) is 0 Å². The van der Waals surface area contributed by atoms with Crippen LogP contribution >= 0.6 is 20.0 Å². The molecule has 2 aromatic rings. The summed E-state index contributed by atoms with van der Waals surface area (Å²) in [4.78, 5) is 14.4. The summed E-state index contributed by atoms with van der Waals surface area (Å²) in [5.41, 5.74) is -2.09. The number of benzene rings is 1. The highest BCUT2D eigenvalue weighted by Crippen LogP contribution is 2.59. The highest BCUT2D eigenvalue weighted by molar-refractivity contribution is 7.71. The van der Waals surface area contributed by atoms with E-state index in [0.717, 1.165) is 23.5 Å². The number of ether oxygens (including phenoxy) is 1. The summed E-state index contributed by atoms with van der Waals surface area (Å²) in [6.45, 7) is 1.56. The van der Waals surface area contributed by atoms with Crippen molar-refractivity contribution in [2.45, 2.75) is 42.6 Å². The fourth-order valence-electron chi connectivity index (χ4n) is 4.00. The summed E-state index contributed by atoms with van der Waals surface area (Å²) in [6, 6.07) is 5.16. The van der Waals surface area contributed by atoms with E-state index in [2.05, 4.69) is 12.2 Å². The third kappa shape index (κ3) is 3.81. The molecule has 0 bridgehead atoms. The molecule has 180 valence electrons. The summed E-state index contributed by atoms with van der Waals surface area (Å²) in [7, 11) is -1.19. The van der Waals surface area contributed by atoms with Crippen molar-refractivity contribution in [1.82, 2.24) is 9.55 Å². The lowest BCUT2D eigenvalue weighted by molar-refractivity contribution is -0.240. The Kier molecular flexibility index (Phi) is 6.04. The van der Waals surface area contributed by atoms with Crippen LogP contribution in [0.4, 0.5) is 8.78 Å². The van der Waals surface area contributed by atoms with Gasteiger partial charge in [0.05, 0.1) is 12.0 Å². The van der Waals surface area contributed by atoms with Gasteiger partial charge in [-0.2, -0.15) is 0 Å². The van der Waals surface area contributed by atoms with E-state index in [1.54, 1.807) is 25.1 Å². The zero-order valence-electron chi connectivity index (χ0n) is 18.6. The highest BCUT2D eigenvalue weighted by Gasteiger charge is 2.69. The van der Waals surface area contributed by atoms with Crippen molar-refractivity contribution < 1.29 is 41.9 Å². The van der Waals surface area contributed by atoms with E-state index in [4.69, 9.17) is 18.3 Å². The molecule has 1 aromatic carbocycles. The van der Waals surface area contributed by atoms with Gasteiger partial charge in [0, 0.05) is 11.8 Å². The second-order valence-corrected chi connectivity index (χ2v) is 10.7. The molecule has 3 heterocycles. The molecule has 17 heteroatoms. The first-order chi connectivity index (χ1) is 15.6. The molecule has 0 radical (unpaired) electrons. The van der Waals surface area contributed by atoms with Crippen LogP contribution in [0.2, 0.25) is 0 Å². The first-order valence-corrected chi connectivity index (χ1v) is 12.0. The van der Waals surface area contributed by atoms with Gasteiger partial charge in [0.25, 0.3) is 5.85 Å². The Bertz CT molecular complexity index is 1330. The molecule has 4 rings (SSSR count). The van der Waals surface area contributed by atoms with Gasteiger partial charge in [0.15, 0.2) is 13.7 Å². The molecular weight excluding hydrogens is 494 g/mol. The zero-order valence-corrected chi connectivity index (χ0v) is 20.3. The summed E-state index contributed by atoms with van der Waals surface area (Å²) < 4.78 is 65.2. The number of rotatable bonds is 4. The number of nitrogens with zero attached hydrogens (tertiary/aromatic N) is 1. The number of hydrogen-bond donors (Lipinski definition) is 3. The van der Waals surface area contributed by atoms with Gasteiger partial charge in [-0.25, -0.2) is 18.1 Å². The molecule has 1 aromatic heterocycles. The average Bonchev–Trinajstić information content (AvgIpc) is 2.93. The molecular formula is C17H20B3F2N2O8PS. The molecule has 1 unspecified atom stereocenters. The molecule has 0 saturated carbocycles. The number of aromatic amines is 1. The van der Waals surface area contributed by atoms with Gasteiger partial charge in [-0.3, -0.25) is 18.6 Å². The van der Waals surface area contributed by atoms with Crippen LogP contribution in [-0.4, -0.2) is 66.8 Å². The number of aromatic nitrogens is 2. The Labute approximate surface area is 200 Å². The summed E-state index contributed by atoms with van der Waals surface area (Å²) in [6.07, 6.45) is -3.79. The Balaban J connectivity index is 1.69. The largest absolute Gasteiger partial charge is 0.529 e. The van der Waals surface area contributed by atoms with Crippen molar-refractivity contribution in [3.63, 3.8) is 0 Å². The third-order valence-corrected chi connectivity index (χ3v) is 7.82. The van der Waals surface area contributed by atoms with E-state index >= 15 is 4.39 Å². The van der Waals surface area contributed by atoms with Crippen LogP contribution < -0.4 is 10.2 Å². The number of alkyl halides is 1. The Morgan fingerprint density at radius 3 is 2.74 bits per heavy atom. The molecule has 0 aliphatic carbocycles. The fraction of sp³-hybridized carbons (Fsp3) is 0.412. The number of phosphoric acid groups is 1. The van der Waals surface area contributed by atoms with Gasteiger partial charge < -0.3 is 19.5 Å². The van der Waals surface area contributed by atoms with E-state index in [1.807, 2.05) is 4.98 Å². The molecule has 1 saturated heterocycles. The van der Waals surface area contributed by atoms with Crippen molar-refractivity contribution in [3.05, 3.63) is 56.5 Å². The summed E-state index contributed by atoms with van der Waals surface area (Å²) in [5, 5.41) is 19.0. The molecule has 0 spiro atoms. The minimum absolute atomic E-state index is 0.147. The summed E-state index contributed by atoms with van der Waals surface area (Å²) in [5.74, 6) is -4.06. The first-order valence-electron chi connectivity index (χ1n) is 10.1. The van der Waals surface area contributed by atoms with E-state index in [1.165, 1.54) is 0 Å². The predicted molar refractivity (Wildman–Crippen MR) is 124 cm³/mol. The van der Waals surface area contributed by atoms with Gasteiger partial charge >= 0.3 is 13.5 Å². The number of aliphatic hydroxyl groups excluding tert-OH is 2. The molecule has 10 nitrogen and oxygen atoms in total. The standard InChI is InChI=1S/C17H20B3F2N2O8PS/c1-7-3-2-4-8-6-29-33(28,30-10(7)8)32-17(19,20)15(22)11(25)12(26)16(18,31-15)24-5-9(21)13(34)23-14(24)27/h2-5,11-12,25-26H,6,18-20H2,1H3,(H,23,27,34)/t11-,12+,15-,16-,33?/m0/s1. The maximum Gasteiger partial charge on any atom is 0.529 e. The van der Waals surface area contributed by atoms with Gasteiger partial charge in [0.1, 0.15) is 43.9 Å². The van der Waals surface area contributed by atoms with Crippen LogP contribution in [-0.2, 0) is 30.6 Å². The molecule has 34 heavy (non-hydrogen) atoms. The van der Waals surface area contributed by atoms with Gasteiger partial charge in [-0.15, -0.1) is 0 Å². The number of H-pyrrole nitrogens is 1.